The summed E-state index contributed by atoms with van der Waals surface area (Å²) in [6.07, 6.45) is 3.76. The number of carbonyl (C=O) groups excluding carboxylic acids is 2. The van der Waals surface area contributed by atoms with Gasteiger partial charge in [0.15, 0.2) is 0 Å². The molecule has 0 spiro atoms. The smallest absolute Gasteiger partial charge is 0.259 e. The van der Waals surface area contributed by atoms with Gasteiger partial charge in [-0.2, -0.15) is 5.10 Å². The van der Waals surface area contributed by atoms with Gasteiger partial charge >= 0.3 is 0 Å². The number of halogens is 1. The Morgan fingerprint density at radius 3 is 2.64 bits per heavy atom. The molecular formula is C20H20IN5O2. The van der Waals surface area contributed by atoms with E-state index in [0.29, 0.717) is 6.54 Å². The van der Waals surface area contributed by atoms with Crippen molar-refractivity contribution in [3.63, 3.8) is 0 Å². The van der Waals surface area contributed by atoms with Crippen LogP contribution >= 0.6 is 22.6 Å². The van der Waals surface area contributed by atoms with Gasteiger partial charge in [-0.3, -0.25) is 9.59 Å². The van der Waals surface area contributed by atoms with Gasteiger partial charge in [0.2, 0.25) is 5.91 Å². The number of nitrogens with zero attached hydrogens (tertiary/aromatic N) is 2. The van der Waals surface area contributed by atoms with Crippen molar-refractivity contribution in [2.75, 3.05) is 11.9 Å². The highest BCUT2D eigenvalue weighted by Gasteiger charge is 2.07. The number of primary amides is 1. The van der Waals surface area contributed by atoms with Crippen LogP contribution in [0.25, 0.3) is 10.9 Å². The predicted octanol–water partition coefficient (Wildman–Crippen LogP) is 2.68. The van der Waals surface area contributed by atoms with Crippen LogP contribution in [-0.2, 0) is 16.1 Å². The number of fused-ring (bicyclic) bond motifs is 1. The van der Waals surface area contributed by atoms with Crippen LogP contribution in [-0.4, -0.2) is 29.1 Å². The first-order valence-electron chi connectivity index (χ1n) is 8.70. The van der Waals surface area contributed by atoms with E-state index in [1.807, 2.05) is 59.3 Å². The van der Waals surface area contributed by atoms with E-state index in [1.54, 1.807) is 6.21 Å². The van der Waals surface area contributed by atoms with Gasteiger partial charge in [-0.05, 0) is 52.9 Å². The SMILES string of the molecule is NC(=O)CCn1cc(/C=N\NC(=O)CNc2ccc(I)cc2)c2ccccc21. The fourth-order valence-electron chi connectivity index (χ4n) is 2.76. The number of hydrogen-bond donors (Lipinski definition) is 3. The molecule has 0 unspecified atom stereocenters. The number of aryl methyl sites for hydroxylation is 1. The summed E-state index contributed by atoms with van der Waals surface area (Å²) in [5.74, 6) is -0.590. The minimum absolute atomic E-state index is 0.123. The topological polar surface area (TPSA) is 102 Å². The summed E-state index contributed by atoms with van der Waals surface area (Å²) in [6.45, 7) is 0.619. The van der Waals surface area contributed by atoms with Crippen molar-refractivity contribution in [2.24, 2.45) is 10.8 Å². The molecule has 0 saturated heterocycles. The Morgan fingerprint density at radius 2 is 1.89 bits per heavy atom. The van der Waals surface area contributed by atoms with E-state index in [1.165, 1.54) is 0 Å². The standard InChI is InChI=1S/C20H20IN5O2/c21-15-5-7-16(8-6-15)23-12-20(28)25-24-11-14-13-26(10-9-19(22)27)18-4-2-1-3-17(14)18/h1-8,11,13,23H,9-10,12H2,(H2,22,27)(H,25,28)/b24-11-. The molecule has 2 aromatic carbocycles. The predicted molar refractivity (Wildman–Crippen MR) is 119 cm³/mol. The third kappa shape index (κ3) is 5.32. The molecule has 0 atom stereocenters. The van der Waals surface area contributed by atoms with Crippen LogP contribution in [0.5, 0.6) is 0 Å². The molecule has 7 nitrogen and oxygen atoms in total. The number of anilines is 1. The van der Waals surface area contributed by atoms with E-state index in [9.17, 15) is 9.59 Å². The number of rotatable bonds is 8. The van der Waals surface area contributed by atoms with Gasteiger partial charge in [-0.25, -0.2) is 5.43 Å². The monoisotopic (exact) mass is 489 g/mol. The summed E-state index contributed by atoms with van der Waals surface area (Å²) in [4.78, 5) is 23.0. The van der Waals surface area contributed by atoms with Crippen LogP contribution in [0.3, 0.4) is 0 Å². The number of aromatic nitrogens is 1. The molecule has 0 fully saturated rings. The van der Waals surface area contributed by atoms with Gasteiger partial charge in [-0.15, -0.1) is 0 Å². The molecule has 0 aliphatic carbocycles. The van der Waals surface area contributed by atoms with Crippen LogP contribution in [0.1, 0.15) is 12.0 Å². The van der Waals surface area contributed by atoms with E-state index < -0.39 is 0 Å². The van der Waals surface area contributed by atoms with Crippen molar-refractivity contribution in [1.29, 1.82) is 0 Å². The molecule has 2 amide bonds. The number of para-hydroxylation sites is 1. The van der Waals surface area contributed by atoms with Gasteiger partial charge in [0, 0.05) is 44.9 Å². The van der Waals surface area contributed by atoms with Crippen molar-refractivity contribution in [3.05, 3.63) is 63.9 Å². The zero-order valence-corrected chi connectivity index (χ0v) is 17.2. The lowest BCUT2D eigenvalue weighted by Gasteiger charge is -2.04. The fraction of sp³-hybridized carbons (Fsp3) is 0.150. The summed E-state index contributed by atoms with van der Waals surface area (Å²) in [6, 6.07) is 15.6. The highest BCUT2D eigenvalue weighted by molar-refractivity contribution is 14.1. The average Bonchev–Trinajstić information content (AvgIpc) is 3.04. The van der Waals surface area contributed by atoms with E-state index in [2.05, 4.69) is 38.4 Å². The average molecular weight is 489 g/mol. The first-order valence-corrected chi connectivity index (χ1v) is 9.78. The Labute approximate surface area is 176 Å². The Kier molecular flexibility index (Phi) is 6.64. The van der Waals surface area contributed by atoms with Gasteiger partial charge < -0.3 is 15.6 Å². The Bertz CT molecular complexity index is 1010. The lowest BCUT2D eigenvalue weighted by molar-refractivity contribution is -0.119. The quantitative estimate of drug-likeness (QED) is 0.258. The molecule has 3 aromatic rings. The minimum atomic E-state index is -0.346. The largest absolute Gasteiger partial charge is 0.376 e. The second kappa shape index (κ2) is 9.36. The second-order valence-electron chi connectivity index (χ2n) is 6.16. The maximum absolute atomic E-state index is 12.0. The molecule has 1 aromatic heterocycles. The van der Waals surface area contributed by atoms with Crippen molar-refractivity contribution in [2.45, 2.75) is 13.0 Å². The molecule has 0 radical (unpaired) electrons. The minimum Gasteiger partial charge on any atom is -0.376 e. The molecule has 0 aliphatic heterocycles. The van der Waals surface area contributed by atoms with Crippen molar-refractivity contribution in [3.8, 4) is 0 Å². The number of benzene rings is 2. The van der Waals surface area contributed by atoms with Gasteiger partial charge in [0.05, 0.1) is 12.8 Å². The van der Waals surface area contributed by atoms with Crippen LogP contribution in [0.15, 0.2) is 59.8 Å². The van der Waals surface area contributed by atoms with E-state index >= 15 is 0 Å². The van der Waals surface area contributed by atoms with Crippen molar-refractivity contribution in [1.82, 2.24) is 9.99 Å². The Morgan fingerprint density at radius 1 is 1.14 bits per heavy atom. The first kappa shape index (κ1) is 19.9. The lowest BCUT2D eigenvalue weighted by atomic mass is 10.2. The van der Waals surface area contributed by atoms with E-state index in [-0.39, 0.29) is 24.8 Å². The number of nitrogens with one attached hydrogen (secondary N) is 2. The van der Waals surface area contributed by atoms with Crippen LogP contribution in [0, 0.1) is 3.57 Å². The number of hydrogen-bond acceptors (Lipinski definition) is 4. The van der Waals surface area contributed by atoms with E-state index in [4.69, 9.17) is 5.73 Å². The molecule has 4 N–H and O–H groups in total. The lowest BCUT2D eigenvalue weighted by Crippen LogP contribution is -2.25. The highest BCUT2D eigenvalue weighted by Crippen LogP contribution is 2.20. The molecule has 28 heavy (non-hydrogen) atoms. The molecule has 0 bridgehead atoms. The summed E-state index contributed by atoms with van der Waals surface area (Å²) in [5.41, 5.74) is 10.5. The third-order valence-corrected chi connectivity index (χ3v) is 4.83. The first-order chi connectivity index (χ1) is 13.5. The van der Waals surface area contributed by atoms with Gasteiger partial charge in [0.25, 0.3) is 5.91 Å². The Balaban J connectivity index is 1.61. The number of nitrogens with two attached hydrogens (primary N) is 1. The molecule has 3 rings (SSSR count). The van der Waals surface area contributed by atoms with Crippen molar-refractivity contribution < 1.29 is 9.59 Å². The Hall–Kier alpha value is -2.88. The summed E-state index contributed by atoms with van der Waals surface area (Å²) in [5, 5.41) is 8.09. The summed E-state index contributed by atoms with van der Waals surface area (Å²) < 4.78 is 3.09. The highest BCUT2D eigenvalue weighted by atomic mass is 127. The molecular weight excluding hydrogens is 469 g/mol. The zero-order chi connectivity index (χ0) is 19.9. The van der Waals surface area contributed by atoms with Gasteiger partial charge in [0.1, 0.15) is 0 Å². The molecule has 144 valence electrons. The number of hydrazone groups is 1. The summed E-state index contributed by atoms with van der Waals surface area (Å²) in [7, 11) is 0. The maximum atomic E-state index is 12.0. The number of amides is 2. The second-order valence-corrected chi connectivity index (χ2v) is 7.41. The molecule has 0 aliphatic rings. The molecule has 1 heterocycles. The maximum Gasteiger partial charge on any atom is 0.259 e. The molecule has 0 saturated carbocycles. The van der Waals surface area contributed by atoms with Gasteiger partial charge in [-0.1, -0.05) is 18.2 Å². The van der Waals surface area contributed by atoms with Crippen LogP contribution in [0.4, 0.5) is 5.69 Å². The fourth-order valence-corrected chi connectivity index (χ4v) is 3.12. The third-order valence-electron chi connectivity index (χ3n) is 4.11. The van der Waals surface area contributed by atoms with Crippen LogP contribution < -0.4 is 16.5 Å². The summed E-state index contributed by atoms with van der Waals surface area (Å²) >= 11 is 2.23. The van der Waals surface area contributed by atoms with E-state index in [0.717, 1.165) is 25.7 Å². The van der Waals surface area contributed by atoms with Crippen molar-refractivity contribution >= 4 is 57.2 Å². The zero-order valence-electron chi connectivity index (χ0n) is 15.1. The molecule has 8 heteroatoms. The van der Waals surface area contributed by atoms with Crippen LogP contribution in [0.2, 0.25) is 0 Å². The normalized spacial score (nSPS) is 11.0. The number of carbonyl (C=O) groups is 2.